The molecule has 5 nitrogen and oxygen atoms in total. The maximum Gasteiger partial charge on any atom is 0.338 e. The molecule has 1 aliphatic carbocycles. The van der Waals surface area contributed by atoms with Crippen molar-refractivity contribution >= 4 is 40.9 Å². The summed E-state index contributed by atoms with van der Waals surface area (Å²) in [7, 11) is 1.80. The number of aryl methyl sites for hydroxylation is 3. The van der Waals surface area contributed by atoms with Crippen molar-refractivity contribution in [1.82, 2.24) is 0 Å². The molecule has 0 radical (unpaired) electrons. The van der Waals surface area contributed by atoms with Crippen LogP contribution in [0.5, 0.6) is 0 Å². The number of hydrogen-bond acceptors (Lipinski definition) is 4. The van der Waals surface area contributed by atoms with Gasteiger partial charge in [0.15, 0.2) is 0 Å². The van der Waals surface area contributed by atoms with Gasteiger partial charge in [0.05, 0.1) is 16.3 Å². The number of benzene rings is 3. The maximum atomic E-state index is 14.0. The maximum absolute atomic E-state index is 14.0. The number of carboxylic acid groups (broad SMARTS) is 1. The van der Waals surface area contributed by atoms with Crippen LogP contribution in [0.4, 0.5) is 15.8 Å². The summed E-state index contributed by atoms with van der Waals surface area (Å²) in [6.45, 7) is 4.12. The molecule has 0 heterocycles. The standard InChI is InChI=1S/C33H34ClFN2O3/c1-20-6-4-8-28(34)31(20)32(36)26(21(2)23-11-12-23)14-9-22-10-16-30(24(18-22)7-5-17-38)37(3)25-13-15-29(35)27(19-25)33(39)40/h4,6,8,10,13,15-19,23,36H,5,7,9,11-12,14H2,1-3H3,(H,39,40)/b26-21+,36-32?. The lowest BCUT2D eigenvalue weighted by Gasteiger charge is -2.24. The van der Waals surface area contributed by atoms with Crippen LogP contribution in [-0.2, 0) is 17.6 Å². The first-order valence-corrected chi connectivity index (χ1v) is 13.9. The van der Waals surface area contributed by atoms with E-state index in [1.54, 1.807) is 13.1 Å². The van der Waals surface area contributed by atoms with E-state index in [1.807, 2.05) is 42.2 Å². The summed E-state index contributed by atoms with van der Waals surface area (Å²) in [5.74, 6) is -1.60. The van der Waals surface area contributed by atoms with Crippen molar-refractivity contribution in [3.05, 3.63) is 104 Å². The van der Waals surface area contributed by atoms with E-state index in [4.69, 9.17) is 17.0 Å². The van der Waals surface area contributed by atoms with E-state index < -0.39 is 17.3 Å². The lowest BCUT2D eigenvalue weighted by molar-refractivity contribution is -0.107. The largest absolute Gasteiger partial charge is 0.478 e. The van der Waals surface area contributed by atoms with Crippen LogP contribution in [0.25, 0.3) is 0 Å². The van der Waals surface area contributed by atoms with E-state index in [0.29, 0.717) is 48.0 Å². The Morgan fingerprint density at radius 2 is 1.90 bits per heavy atom. The number of carboxylic acids is 1. The lowest BCUT2D eigenvalue weighted by atomic mass is 9.89. The second-order valence-corrected chi connectivity index (χ2v) is 10.8. The van der Waals surface area contributed by atoms with Crippen LogP contribution in [-0.4, -0.2) is 30.1 Å². The van der Waals surface area contributed by atoms with E-state index in [1.165, 1.54) is 11.6 Å². The summed E-state index contributed by atoms with van der Waals surface area (Å²) in [5, 5.41) is 19.0. The number of halogens is 2. The fraction of sp³-hybridized carbons (Fsp3) is 0.303. The van der Waals surface area contributed by atoms with E-state index in [9.17, 15) is 19.1 Å². The number of aromatic carboxylic acids is 1. The topological polar surface area (TPSA) is 81.5 Å². The minimum atomic E-state index is -1.33. The van der Waals surface area contributed by atoms with Gasteiger partial charge in [0, 0.05) is 30.4 Å². The fourth-order valence-corrected chi connectivity index (χ4v) is 5.53. The normalized spacial score (nSPS) is 13.5. The van der Waals surface area contributed by atoms with Crippen molar-refractivity contribution in [3.63, 3.8) is 0 Å². The molecule has 0 saturated heterocycles. The van der Waals surface area contributed by atoms with Crippen LogP contribution in [0, 0.1) is 24.1 Å². The average Bonchev–Trinajstić information content (AvgIpc) is 3.77. The van der Waals surface area contributed by atoms with E-state index in [0.717, 1.165) is 58.7 Å². The van der Waals surface area contributed by atoms with Crippen LogP contribution in [0.15, 0.2) is 65.7 Å². The molecule has 1 fully saturated rings. The Bertz CT molecular complexity index is 1470. The second-order valence-electron chi connectivity index (χ2n) is 10.4. The second kappa shape index (κ2) is 12.6. The first-order chi connectivity index (χ1) is 19.1. The lowest BCUT2D eigenvalue weighted by Crippen LogP contribution is -2.14. The Kier molecular flexibility index (Phi) is 9.21. The van der Waals surface area contributed by atoms with E-state index in [-0.39, 0.29) is 0 Å². The number of rotatable bonds is 12. The Morgan fingerprint density at radius 1 is 1.15 bits per heavy atom. The minimum Gasteiger partial charge on any atom is -0.478 e. The van der Waals surface area contributed by atoms with Gasteiger partial charge in [-0.05, 0) is 104 Å². The van der Waals surface area contributed by atoms with Gasteiger partial charge in [-0.3, -0.25) is 5.41 Å². The van der Waals surface area contributed by atoms with Gasteiger partial charge in [-0.2, -0.15) is 0 Å². The van der Waals surface area contributed by atoms with Gasteiger partial charge in [-0.1, -0.05) is 41.4 Å². The number of carbonyl (C=O) groups excluding carboxylic acids is 1. The van der Waals surface area contributed by atoms with Gasteiger partial charge < -0.3 is 14.8 Å². The molecule has 40 heavy (non-hydrogen) atoms. The number of hydrogen-bond donors (Lipinski definition) is 2. The number of nitrogens with one attached hydrogen (secondary N) is 1. The van der Waals surface area contributed by atoms with Crippen LogP contribution in [0.1, 0.15) is 65.2 Å². The number of aldehydes is 1. The molecular formula is C33H34ClFN2O3. The Balaban J connectivity index is 1.63. The number of nitrogens with zero attached hydrogens (tertiary/aromatic N) is 1. The Hall–Kier alpha value is -3.77. The molecule has 3 aromatic rings. The smallest absolute Gasteiger partial charge is 0.338 e. The molecule has 0 spiro atoms. The van der Waals surface area contributed by atoms with Crippen LogP contribution in [0.2, 0.25) is 5.02 Å². The Morgan fingerprint density at radius 3 is 2.55 bits per heavy atom. The van der Waals surface area contributed by atoms with E-state index >= 15 is 0 Å². The third-order valence-electron chi connectivity index (χ3n) is 7.71. The van der Waals surface area contributed by atoms with Gasteiger partial charge in [-0.15, -0.1) is 0 Å². The Labute approximate surface area is 239 Å². The molecule has 208 valence electrons. The van der Waals surface area contributed by atoms with Crippen molar-refractivity contribution in [1.29, 1.82) is 5.41 Å². The summed E-state index contributed by atoms with van der Waals surface area (Å²) in [6, 6.07) is 15.8. The first kappa shape index (κ1) is 29.2. The summed E-state index contributed by atoms with van der Waals surface area (Å²) in [4.78, 5) is 24.5. The zero-order valence-corrected chi connectivity index (χ0v) is 23.8. The summed E-state index contributed by atoms with van der Waals surface area (Å²) in [6.07, 6.45) is 5.43. The van der Waals surface area contributed by atoms with Crippen molar-refractivity contribution in [2.24, 2.45) is 5.92 Å². The summed E-state index contributed by atoms with van der Waals surface area (Å²) >= 11 is 6.54. The zero-order chi connectivity index (χ0) is 29.0. The quantitative estimate of drug-likeness (QED) is 0.173. The van der Waals surface area contributed by atoms with Crippen LogP contribution >= 0.6 is 11.6 Å². The highest BCUT2D eigenvalue weighted by Gasteiger charge is 2.27. The van der Waals surface area contributed by atoms with Gasteiger partial charge in [-0.25, -0.2) is 9.18 Å². The highest BCUT2D eigenvalue weighted by molar-refractivity contribution is 6.35. The highest BCUT2D eigenvalue weighted by atomic mass is 35.5. The molecule has 0 atom stereocenters. The summed E-state index contributed by atoms with van der Waals surface area (Å²) < 4.78 is 14.0. The molecule has 0 aromatic heterocycles. The molecule has 4 rings (SSSR count). The molecule has 0 aliphatic heterocycles. The predicted octanol–water partition coefficient (Wildman–Crippen LogP) is 8.11. The molecule has 7 heteroatoms. The van der Waals surface area contributed by atoms with Crippen LogP contribution in [0.3, 0.4) is 0 Å². The third-order valence-corrected chi connectivity index (χ3v) is 8.02. The minimum absolute atomic E-state index is 0.344. The molecule has 2 N–H and O–H groups in total. The number of anilines is 2. The zero-order valence-electron chi connectivity index (χ0n) is 23.1. The highest BCUT2D eigenvalue weighted by Crippen LogP contribution is 2.40. The molecule has 0 unspecified atom stereocenters. The fourth-order valence-electron chi connectivity index (χ4n) is 5.21. The molecule has 0 amide bonds. The van der Waals surface area contributed by atoms with Gasteiger partial charge >= 0.3 is 5.97 Å². The molecule has 3 aromatic carbocycles. The van der Waals surface area contributed by atoms with Crippen LogP contribution < -0.4 is 4.90 Å². The van der Waals surface area contributed by atoms with Crippen molar-refractivity contribution in [2.75, 3.05) is 11.9 Å². The van der Waals surface area contributed by atoms with Gasteiger partial charge in [0.1, 0.15) is 12.1 Å². The van der Waals surface area contributed by atoms with Crippen molar-refractivity contribution in [3.8, 4) is 0 Å². The molecule has 0 bridgehead atoms. The summed E-state index contributed by atoms with van der Waals surface area (Å²) in [5.41, 5.74) is 7.51. The van der Waals surface area contributed by atoms with E-state index in [2.05, 4.69) is 13.0 Å². The van der Waals surface area contributed by atoms with Crippen molar-refractivity contribution < 1.29 is 19.1 Å². The molecular weight excluding hydrogens is 527 g/mol. The average molecular weight is 561 g/mol. The predicted molar refractivity (Wildman–Crippen MR) is 159 cm³/mol. The first-order valence-electron chi connectivity index (χ1n) is 13.5. The van der Waals surface area contributed by atoms with Gasteiger partial charge in [0.25, 0.3) is 0 Å². The SMILES string of the molecule is C/C(=C(/CCc1ccc(N(C)c2ccc(F)c(C(=O)O)c2)c(CCC=O)c1)C(=N)c1c(C)cccc1Cl)C1CC1. The number of carbonyl (C=O) groups is 2. The molecule has 1 saturated carbocycles. The number of allylic oxidation sites excluding steroid dienone is 2. The third kappa shape index (κ3) is 6.50. The van der Waals surface area contributed by atoms with Gasteiger partial charge in [0.2, 0.25) is 0 Å². The molecule has 1 aliphatic rings. The monoisotopic (exact) mass is 560 g/mol. The van der Waals surface area contributed by atoms with Crippen molar-refractivity contribution in [2.45, 2.75) is 52.4 Å².